The molecule has 1 nitrogen and oxygen atoms in total. The van der Waals surface area contributed by atoms with Gasteiger partial charge in [-0.2, -0.15) is 0 Å². The molecule has 2 atom stereocenters. The Morgan fingerprint density at radius 3 is 3.08 bits per heavy atom. The Hall–Kier alpha value is 0.170. The van der Waals surface area contributed by atoms with Gasteiger partial charge in [0, 0.05) is 10.3 Å². The van der Waals surface area contributed by atoms with E-state index in [1.807, 2.05) is 0 Å². The standard InChI is InChI=1S/C11H17IO/c1-2-4-11(13)10-6-3-5-9(7-10)8-12/h3,5-6,10-11,13H,2,4,7-8H2,1H3/t10-,11?/m0/s1. The minimum absolute atomic E-state index is 0.145. The average Bonchev–Trinajstić information content (AvgIpc) is 2.18. The summed E-state index contributed by atoms with van der Waals surface area (Å²) in [5.41, 5.74) is 1.45. The zero-order valence-electron chi connectivity index (χ0n) is 8.04. The fourth-order valence-corrected chi connectivity index (χ4v) is 2.21. The molecule has 0 spiro atoms. The zero-order valence-corrected chi connectivity index (χ0v) is 10.2. The van der Waals surface area contributed by atoms with Crippen LogP contribution in [-0.2, 0) is 0 Å². The summed E-state index contributed by atoms with van der Waals surface area (Å²) in [7, 11) is 0. The van der Waals surface area contributed by atoms with Gasteiger partial charge in [-0.3, -0.25) is 0 Å². The molecule has 0 radical (unpaired) electrons. The predicted octanol–water partition coefficient (Wildman–Crippen LogP) is 3.08. The third kappa shape index (κ3) is 3.43. The number of rotatable bonds is 4. The number of halogens is 1. The van der Waals surface area contributed by atoms with Crippen molar-refractivity contribution in [2.75, 3.05) is 4.43 Å². The van der Waals surface area contributed by atoms with Crippen molar-refractivity contribution in [3.63, 3.8) is 0 Å². The molecule has 13 heavy (non-hydrogen) atoms. The van der Waals surface area contributed by atoms with Gasteiger partial charge in [-0.05, 0) is 12.8 Å². The van der Waals surface area contributed by atoms with Crippen molar-refractivity contribution >= 4 is 22.6 Å². The van der Waals surface area contributed by atoms with Crippen LogP contribution in [0, 0.1) is 5.92 Å². The first-order valence-electron chi connectivity index (χ1n) is 4.88. The van der Waals surface area contributed by atoms with Crippen molar-refractivity contribution in [3.8, 4) is 0 Å². The highest BCUT2D eigenvalue weighted by Gasteiger charge is 2.18. The molecule has 0 saturated carbocycles. The van der Waals surface area contributed by atoms with Gasteiger partial charge in [-0.25, -0.2) is 0 Å². The van der Waals surface area contributed by atoms with Crippen molar-refractivity contribution in [2.45, 2.75) is 32.3 Å². The van der Waals surface area contributed by atoms with Crippen LogP contribution in [0.3, 0.4) is 0 Å². The molecule has 1 N–H and O–H groups in total. The van der Waals surface area contributed by atoms with E-state index in [1.165, 1.54) is 5.57 Å². The van der Waals surface area contributed by atoms with E-state index in [-0.39, 0.29) is 6.10 Å². The number of hydrogen-bond donors (Lipinski definition) is 1. The summed E-state index contributed by atoms with van der Waals surface area (Å²) in [6.45, 7) is 2.12. The molecule has 0 bridgehead atoms. The summed E-state index contributed by atoms with van der Waals surface area (Å²) in [5, 5.41) is 9.81. The second-order valence-electron chi connectivity index (χ2n) is 3.57. The number of aliphatic hydroxyl groups excluding tert-OH is 1. The van der Waals surface area contributed by atoms with Gasteiger partial charge in [0.05, 0.1) is 6.10 Å². The number of aliphatic hydroxyl groups is 1. The van der Waals surface area contributed by atoms with Crippen molar-refractivity contribution in [3.05, 3.63) is 23.8 Å². The first-order valence-corrected chi connectivity index (χ1v) is 6.40. The average molecular weight is 292 g/mol. The molecule has 1 aliphatic carbocycles. The van der Waals surface area contributed by atoms with Crippen LogP contribution in [0.15, 0.2) is 23.8 Å². The Balaban J connectivity index is 2.47. The first-order chi connectivity index (χ1) is 6.27. The molecule has 1 unspecified atom stereocenters. The van der Waals surface area contributed by atoms with Crippen LogP contribution in [0.25, 0.3) is 0 Å². The van der Waals surface area contributed by atoms with E-state index in [9.17, 15) is 5.11 Å². The number of allylic oxidation sites excluding steroid dienone is 3. The predicted molar refractivity (Wildman–Crippen MR) is 65.1 cm³/mol. The normalized spacial score (nSPS) is 24.2. The highest BCUT2D eigenvalue weighted by atomic mass is 127. The Bertz CT molecular complexity index is 208. The Morgan fingerprint density at radius 2 is 2.46 bits per heavy atom. The van der Waals surface area contributed by atoms with Crippen LogP contribution in [0.5, 0.6) is 0 Å². The fraction of sp³-hybridized carbons (Fsp3) is 0.636. The maximum atomic E-state index is 9.81. The largest absolute Gasteiger partial charge is 0.393 e. The van der Waals surface area contributed by atoms with E-state index in [2.05, 4.69) is 47.7 Å². The van der Waals surface area contributed by atoms with Gasteiger partial charge >= 0.3 is 0 Å². The second-order valence-corrected chi connectivity index (χ2v) is 4.33. The molecular formula is C11H17IO. The maximum Gasteiger partial charge on any atom is 0.0605 e. The first kappa shape index (κ1) is 11.2. The highest BCUT2D eigenvalue weighted by Crippen LogP contribution is 2.24. The van der Waals surface area contributed by atoms with Crippen molar-refractivity contribution in [1.29, 1.82) is 0 Å². The lowest BCUT2D eigenvalue weighted by atomic mass is 9.89. The molecule has 1 rings (SSSR count). The molecule has 1 aliphatic rings. The topological polar surface area (TPSA) is 20.2 Å². The SMILES string of the molecule is CCCC(O)[C@H]1C=CC=C(CI)C1. The summed E-state index contributed by atoms with van der Waals surface area (Å²) in [4.78, 5) is 0. The molecule has 0 heterocycles. The molecule has 0 aromatic rings. The number of alkyl halides is 1. The van der Waals surface area contributed by atoms with Crippen LogP contribution in [-0.4, -0.2) is 15.6 Å². The zero-order chi connectivity index (χ0) is 9.68. The molecule has 0 aromatic carbocycles. The molecule has 0 fully saturated rings. The summed E-state index contributed by atoms with van der Waals surface area (Å²) < 4.78 is 1.08. The maximum absolute atomic E-state index is 9.81. The quantitative estimate of drug-likeness (QED) is 0.623. The van der Waals surface area contributed by atoms with Gasteiger partial charge in [-0.1, -0.05) is 59.7 Å². The minimum atomic E-state index is -0.145. The Morgan fingerprint density at radius 1 is 1.69 bits per heavy atom. The van der Waals surface area contributed by atoms with Crippen LogP contribution in [0.4, 0.5) is 0 Å². The van der Waals surface area contributed by atoms with Gasteiger partial charge < -0.3 is 5.11 Å². The van der Waals surface area contributed by atoms with Crippen LogP contribution >= 0.6 is 22.6 Å². The summed E-state index contributed by atoms with van der Waals surface area (Å²) in [6.07, 6.45) is 9.27. The molecule has 0 amide bonds. The second kappa shape index (κ2) is 5.81. The van der Waals surface area contributed by atoms with Crippen LogP contribution in [0.2, 0.25) is 0 Å². The van der Waals surface area contributed by atoms with Crippen molar-refractivity contribution < 1.29 is 5.11 Å². The molecule has 74 valence electrons. The van der Waals surface area contributed by atoms with E-state index < -0.39 is 0 Å². The van der Waals surface area contributed by atoms with E-state index in [1.54, 1.807) is 0 Å². The Labute approximate surface area is 94.1 Å². The Kier molecular flexibility index (Phi) is 5.02. The monoisotopic (exact) mass is 292 g/mol. The number of hydrogen-bond acceptors (Lipinski definition) is 1. The summed E-state index contributed by atoms with van der Waals surface area (Å²) >= 11 is 2.38. The summed E-state index contributed by atoms with van der Waals surface area (Å²) in [6, 6.07) is 0. The van der Waals surface area contributed by atoms with E-state index >= 15 is 0 Å². The van der Waals surface area contributed by atoms with Crippen LogP contribution < -0.4 is 0 Å². The van der Waals surface area contributed by atoms with Gasteiger partial charge in [0.1, 0.15) is 0 Å². The van der Waals surface area contributed by atoms with Gasteiger partial charge in [0.25, 0.3) is 0 Å². The van der Waals surface area contributed by atoms with E-state index in [4.69, 9.17) is 0 Å². The smallest absolute Gasteiger partial charge is 0.0605 e. The lowest BCUT2D eigenvalue weighted by molar-refractivity contribution is 0.119. The van der Waals surface area contributed by atoms with E-state index in [0.29, 0.717) is 5.92 Å². The summed E-state index contributed by atoms with van der Waals surface area (Å²) in [5.74, 6) is 0.356. The molecule has 0 aromatic heterocycles. The van der Waals surface area contributed by atoms with Crippen LogP contribution in [0.1, 0.15) is 26.2 Å². The fourth-order valence-electron chi connectivity index (χ4n) is 1.65. The molecule has 0 saturated heterocycles. The van der Waals surface area contributed by atoms with E-state index in [0.717, 1.165) is 23.7 Å². The van der Waals surface area contributed by atoms with Gasteiger partial charge in [0.15, 0.2) is 0 Å². The lowest BCUT2D eigenvalue weighted by Crippen LogP contribution is -2.20. The highest BCUT2D eigenvalue weighted by molar-refractivity contribution is 14.1. The molecular weight excluding hydrogens is 275 g/mol. The third-order valence-electron chi connectivity index (χ3n) is 2.44. The third-order valence-corrected chi connectivity index (χ3v) is 3.42. The molecule has 0 aliphatic heterocycles. The lowest BCUT2D eigenvalue weighted by Gasteiger charge is -2.22. The minimum Gasteiger partial charge on any atom is -0.393 e. The van der Waals surface area contributed by atoms with Crippen molar-refractivity contribution in [2.24, 2.45) is 5.92 Å². The van der Waals surface area contributed by atoms with Gasteiger partial charge in [-0.15, -0.1) is 0 Å². The van der Waals surface area contributed by atoms with Gasteiger partial charge in [0.2, 0.25) is 0 Å². The molecule has 2 heteroatoms. The van der Waals surface area contributed by atoms with Crippen molar-refractivity contribution in [1.82, 2.24) is 0 Å².